The average molecular weight is 289 g/mol. The van der Waals surface area contributed by atoms with Crippen molar-refractivity contribution < 1.29 is 28.2 Å². The normalized spacial score (nSPS) is 23.1. The number of aliphatic hydroxyl groups excluding tert-OH is 2. The van der Waals surface area contributed by atoms with Gasteiger partial charge in [-0.25, -0.2) is 0 Å². The van der Waals surface area contributed by atoms with Gasteiger partial charge in [-0.05, 0) is 24.1 Å². The molecule has 2 rings (SSSR count). The summed E-state index contributed by atoms with van der Waals surface area (Å²) >= 11 is 0. The minimum Gasteiger partial charge on any atom is -0.391 e. The molecule has 2 unspecified atom stereocenters. The van der Waals surface area contributed by atoms with Crippen LogP contribution in [0.1, 0.15) is 23.6 Å². The van der Waals surface area contributed by atoms with Crippen LogP contribution in [0.3, 0.4) is 0 Å². The third-order valence-electron chi connectivity index (χ3n) is 3.36. The lowest BCUT2D eigenvalue weighted by Crippen LogP contribution is -2.33. The van der Waals surface area contributed by atoms with Gasteiger partial charge in [-0.15, -0.1) is 0 Å². The van der Waals surface area contributed by atoms with Crippen LogP contribution < -0.4 is 0 Å². The van der Waals surface area contributed by atoms with Crippen LogP contribution in [-0.2, 0) is 11.0 Å². The molecule has 1 fully saturated rings. The summed E-state index contributed by atoms with van der Waals surface area (Å²) in [5, 5.41) is 18.5. The number of hydrogen-bond acceptors (Lipinski definition) is 3. The lowest BCUT2D eigenvalue weighted by Gasteiger charge is -2.24. The number of rotatable bonds is 2. The summed E-state index contributed by atoms with van der Waals surface area (Å²) in [6.45, 7) is -0.616. The Balaban J connectivity index is 2.24. The van der Waals surface area contributed by atoms with E-state index in [9.17, 15) is 23.1 Å². The van der Waals surface area contributed by atoms with Gasteiger partial charge in [0.25, 0.3) is 0 Å². The van der Waals surface area contributed by atoms with Crippen molar-refractivity contribution in [1.82, 2.24) is 4.90 Å². The van der Waals surface area contributed by atoms with E-state index in [1.165, 1.54) is 17.0 Å². The molecule has 2 atom stereocenters. The predicted octanol–water partition coefficient (Wildman–Crippen LogP) is 1.33. The van der Waals surface area contributed by atoms with Crippen LogP contribution in [0.25, 0.3) is 0 Å². The molecule has 1 heterocycles. The Morgan fingerprint density at radius 1 is 1.30 bits per heavy atom. The summed E-state index contributed by atoms with van der Waals surface area (Å²) in [4.78, 5) is 12.8. The summed E-state index contributed by atoms with van der Waals surface area (Å²) in [5.41, 5.74) is -0.254. The number of carbonyl (C=O) groups excluding carboxylic acids is 1. The van der Waals surface area contributed by atoms with Gasteiger partial charge in [0.05, 0.1) is 17.7 Å². The van der Waals surface area contributed by atoms with Gasteiger partial charge in [-0.3, -0.25) is 4.79 Å². The Morgan fingerprint density at radius 2 is 1.90 bits per heavy atom. The molecule has 0 radical (unpaired) electrons. The number of amides is 1. The third kappa shape index (κ3) is 2.94. The Hall–Kier alpha value is -1.60. The number of aliphatic hydroxyl groups is 2. The summed E-state index contributed by atoms with van der Waals surface area (Å²) < 4.78 is 37.4. The molecule has 0 bridgehead atoms. The number of nitrogens with zero attached hydrogens (tertiary/aromatic N) is 1. The minimum absolute atomic E-state index is 0.0745. The molecular weight excluding hydrogens is 275 g/mol. The fraction of sp³-hybridized carbons (Fsp3) is 0.462. The fourth-order valence-electron chi connectivity index (χ4n) is 2.39. The molecule has 4 nitrogen and oxygen atoms in total. The Kier molecular flexibility index (Phi) is 4.01. The van der Waals surface area contributed by atoms with E-state index in [4.69, 9.17) is 5.11 Å². The van der Waals surface area contributed by atoms with Crippen LogP contribution in [-0.4, -0.2) is 40.3 Å². The standard InChI is InChI=1S/C13H14F3NO3/c14-13(15,16)9-3-1-8(2-4-9)11-5-10(19)6-17(11)12(20)7-18/h1-4,10-11,18-19H,5-7H2. The molecule has 0 spiro atoms. The maximum atomic E-state index is 12.5. The Labute approximate surface area is 113 Å². The first-order valence-electron chi connectivity index (χ1n) is 6.08. The van der Waals surface area contributed by atoms with Crippen LogP contribution >= 0.6 is 0 Å². The number of alkyl halides is 3. The van der Waals surface area contributed by atoms with Gasteiger partial charge in [0.1, 0.15) is 6.61 Å². The largest absolute Gasteiger partial charge is 0.416 e. The van der Waals surface area contributed by atoms with Crippen LogP contribution in [0.15, 0.2) is 24.3 Å². The van der Waals surface area contributed by atoms with Crippen LogP contribution in [0.4, 0.5) is 13.2 Å². The lowest BCUT2D eigenvalue weighted by molar-refractivity contribution is -0.138. The summed E-state index contributed by atoms with van der Waals surface area (Å²) in [5.74, 6) is -0.550. The fourth-order valence-corrected chi connectivity index (χ4v) is 2.39. The van der Waals surface area contributed by atoms with E-state index in [1.54, 1.807) is 0 Å². The first-order chi connectivity index (χ1) is 9.32. The van der Waals surface area contributed by atoms with Crippen molar-refractivity contribution in [2.24, 2.45) is 0 Å². The predicted molar refractivity (Wildman–Crippen MR) is 63.6 cm³/mol. The third-order valence-corrected chi connectivity index (χ3v) is 3.36. The molecule has 2 N–H and O–H groups in total. The molecule has 0 aliphatic carbocycles. The van der Waals surface area contributed by atoms with Gasteiger partial charge in [-0.2, -0.15) is 13.2 Å². The van der Waals surface area contributed by atoms with Gasteiger partial charge in [0, 0.05) is 6.54 Å². The zero-order valence-electron chi connectivity index (χ0n) is 10.5. The molecule has 0 saturated carbocycles. The van der Waals surface area contributed by atoms with Gasteiger partial charge >= 0.3 is 6.18 Å². The SMILES string of the molecule is O=C(CO)N1CC(O)CC1c1ccc(C(F)(F)F)cc1. The smallest absolute Gasteiger partial charge is 0.391 e. The second-order valence-corrected chi connectivity index (χ2v) is 4.73. The highest BCUT2D eigenvalue weighted by molar-refractivity contribution is 5.78. The monoisotopic (exact) mass is 289 g/mol. The Bertz CT molecular complexity index is 487. The van der Waals surface area contributed by atoms with Gasteiger partial charge < -0.3 is 15.1 Å². The van der Waals surface area contributed by atoms with E-state index >= 15 is 0 Å². The van der Waals surface area contributed by atoms with E-state index in [0.717, 1.165) is 12.1 Å². The van der Waals surface area contributed by atoms with Crippen molar-refractivity contribution >= 4 is 5.91 Å². The summed E-state index contributed by atoms with van der Waals surface area (Å²) in [7, 11) is 0. The molecular formula is C13H14F3NO3. The lowest BCUT2D eigenvalue weighted by atomic mass is 10.0. The zero-order valence-corrected chi connectivity index (χ0v) is 10.5. The maximum absolute atomic E-state index is 12.5. The zero-order chi connectivity index (χ0) is 14.9. The van der Waals surface area contributed by atoms with E-state index in [0.29, 0.717) is 5.56 Å². The van der Waals surface area contributed by atoms with Crippen molar-refractivity contribution in [2.75, 3.05) is 13.2 Å². The van der Waals surface area contributed by atoms with Gasteiger partial charge in [0.15, 0.2) is 0 Å². The van der Waals surface area contributed by atoms with E-state index in [1.807, 2.05) is 0 Å². The second kappa shape index (κ2) is 5.41. The maximum Gasteiger partial charge on any atom is 0.416 e. The molecule has 20 heavy (non-hydrogen) atoms. The topological polar surface area (TPSA) is 60.8 Å². The number of benzene rings is 1. The van der Waals surface area contributed by atoms with Crippen LogP contribution in [0.5, 0.6) is 0 Å². The Morgan fingerprint density at radius 3 is 2.40 bits per heavy atom. The number of β-amino-alcohol motifs (C(OH)–C–C–N with tert-alkyl or cyclic N) is 1. The first-order valence-corrected chi connectivity index (χ1v) is 6.08. The van der Waals surface area contributed by atoms with Gasteiger partial charge in [0.2, 0.25) is 5.91 Å². The molecule has 7 heteroatoms. The molecule has 1 aliphatic rings. The molecule has 1 saturated heterocycles. The molecule has 0 aromatic heterocycles. The minimum atomic E-state index is -4.41. The van der Waals surface area contributed by atoms with Crippen molar-refractivity contribution in [1.29, 1.82) is 0 Å². The number of hydrogen-bond donors (Lipinski definition) is 2. The quantitative estimate of drug-likeness (QED) is 0.863. The van der Waals surface area contributed by atoms with E-state index < -0.39 is 36.4 Å². The number of likely N-dealkylation sites (tertiary alicyclic amines) is 1. The average Bonchev–Trinajstić information content (AvgIpc) is 2.79. The summed E-state index contributed by atoms with van der Waals surface area (Å²) in [6, 6.07) is 3.97. The van der Waals surface area contributed by atoms with Crippen LogP contribution in [0.2, 0.25) is 0 Å². The second-order valence-electron chi connectivity index (χ2n) is 4.73. The highest BCUT2D eigenvalue weighted by Crippen LogP contribution is 2.34. The highest BCUT2D eigenvalue weighted by atomic mass is 19.4. The first kappa shape index (κ1) is 14.8. The molecule has 1 aliphatic heterocycles. The summed E-state index contributed by atoms with van der Waals surface area (Å²) in [6.07, 6.45) is -4.90. The molecule has 1 aromatic carbocycles. The van der Waals surface area contributed by atoms with E-state index in [-0.39, 0.29) is 13.0 Å². The van der Waals surface area contributed by atoms with Crippen molar-refractivity contribution in [2.45, 2.75) is 24.7 Å². The van der Waals surface area contributed by atoms with Crippen LogP contribution in [0, 0.1) is 0 Å². The van der Waals surface area contributed by atoms with Crippen molar-refractivity contribution in [3.05, 3.63) is 35.4 Å². The number of carbonyl (C=O) groups is 1. The molecule has 1 amide bonds. The molecule has 110 valence electrons. The van der Waals surface area contributed by atoms with Crippen molar-refractivity contribution in [3.63, 3.8) is 0 Å². The van der Waals surface area contributed by atoms with Crippen molar-refractivity contribution in [3.8, 4) is 0 Å². The molecule has 1 aromatic rings. The van der Waals surface area contributed by atoms with Gasteiger partial charge in [-0.1, -0.05) is 12.1 Å². The highest BCUT2D eigenvalue weighted by Gasteiger charge is 2.36. The van der Waals surface area contributed by atoms with E-state index in [2.05, 4.69) is 0 Å². The number of halogens is 3.